The van der Waals surface area contributed by atoms with Gasteiger partial charge in [0.2, 0.25) is 11.1 Å². The van der Waals surface area contributed by atoms with Crippen LogP contribution in [-0.2, 0) is 4.79 Å². The molecule has 6 nitrogen and oxygen atoms in total. The molecule has 0 saturated carbocycles. The molecule has 2 aromatic carbocycles. The van der Waals surface area contributed by atoms with Crippen molar-refractivity contribution < 1.29 is 4.79 Å². The molecule has 9 heteroatoms. The van der Waals surface area contributed by atoms with Crippen molar-refractivity contribution in [2.75, 3.05) is 11.1 Å². The summed E-state index contributed by atoms with van der Waals surface area (Å²) in [7, 11) is 0. The van der Waals surface area contributed by atoms with Crippen LogP contribution < -0.4 is 5.32 Å². The highest BCUT2D eigenvalue weighted by atomic mass is 35.5. The molecule has 0 unspecified atom stereocenters. The second kappa shape index (κ2) is 7.86. The number of rotatable bonds is 5. The molecule has 128 valence electrons. The van der Waals surface area contributed by atoms with Gasteiger partial charge in [-0.1, -0.05) is 41.0 Å². The normalized spacial score (nSPS) is 10.7. The van der Waals surface area contributed by atoms with E-state index in [4.69, 9.17) is 23.2 Å². The predicted octanol–water partition coefficient (Wildman–Crippen LogP) is 4.01. The van der Waals surface area contributed by atoms with Crippen LogP contribution in [-0.4, -0.2) is 31.9 Å². The Bertz CT molecular complexity index is 898. The van der Waals surface area contributed by atoms with Crippen LogP contribution in [0.4, 0.5) is 5.69 Å². The lowest BCUT2D eigenvalue weighted by Crippen LogP contribution is -2.15. The molecule has 1 amide bonds. The van der Waals surface area contributed by atoms with Gasteiger partial charge in [0.05, 0.1) is 22.2 Å². The summed E-state index contributed by atoms with van der Waals surface area (Å²) in [4.78, 5) is 12.2. The van der Waals surface area contributed by atoms with Gasteiger partial charge in [-0.15, -0.1) is 5.10 Å². The van der Waals surface area contributed by atoms with E-state index >= 15 is 0 Å². The van der Waals surface area contributed by atoms with Crippen LogP contribution in [0.2, 0.25) is 10.0 Å². The van der Waals surface area contributed by atoms with E-state index in [0.29, 0.717) is 20.9 Å². The summed E-state index contributed by atoms with van der Waals surface area (Å²) >= 11 is 13.2. The highest BCUT2D eigenvalue weighted by molar-refractivity contribution is 7.99. The van der Waals surface area contributed by atoms with E-state index in [-0.39, 0.29) is 11.7 Å². The van der Waals surface area contributed by atoms with Crippen LogP contribution in [0, 0.1) is 6.92 Å². The average Bonchev–Trinajstić information content (AvgIpc) is 3.05. The number of benzene rings is 2. The summed E-state index contributed by atoms with van der Waals surface area (Å²) < 4.78 is 1.55. The maximum atomic E-state index is 12.2. The third-order valence-corrected chi connectivity index (χ3v) is 4.73. The first kappa shape index (κ1) is 17.7. The number of nitrogens with one attached hydrogen (secondary N) is 1. The van der Waals surface area contributed by atoms with Gasteiger partial charge in [0, 0.05) is 5.02 Å². The molecule has 0 aliphatic rings. The number of carbonyl (C=O) groups is 1. The lowest BCUT2D eigenvalue weighted by Gasteiger charge is -2.08. The van der Waals surface area contributed by atoms with E-state index in [9.17, 15) is 4.79 Å². The molecule has 3 aromatic rings. The minimum absolute atomic E-state index is 0.151. The Balaban J connectivity index is 1.65. The fourth-order valence-corrected chi connectivity index (χ4v) is 3.15. The predicted molar refractivity (Wildman–Crippen MR) is 99.7 cm³/mol. The second-order valence-electron chi connectivity index (χ2n) is 5.17. The van der Waals surface area contributed by atoms with Crippen LogP contribution in [0.3, 0.4) is 0 Å². The van der Waals surface area contributed by atoms with Crippen molar-refractivity contribution in [3.63, 3.8) is 0 Å². The third-order valence-electron chi connectivity index (χ3n) is 3.24. The summed E-state index contributed by atoms with van der Waals surface area (Å²) in [5.41, 5.74) is 2.37. The maximum Gasteiger partial charge on any atom is 0.234 e. The van der Waals surface area contributed by atoms with E-state index in [1.54, 1.807) is 41.1 Å². The number of hydrogen-bond acceptors (Lipinski definition) is 5. The van der Waals surface area contributed by atoms with Crippen LogP contribution in [0.15, 0.2) is 47.6 Å². The number of aryl methyl sites for hydroxylation is 1. The number of carbonyl (C=O) groups excluding carboxylic acids is 1. The molecule has 25 heavy (non-hydrogen) atoms. The summed E-state index contributed by atoms with van der Waals surface area (Å²) in [6, 6.07) is 12.6. The summed E-state index contributed by atoms with van der Waals surface area (Å²) in [5, 5.41) is 16.0. The minimum atomic E-state index is -0.193. The molecule has 1 N–H and O–H groups in total. The molecule has 0 saturated heterocycles. The summed E-state index contributed by atoms with van der Waals surface area (Å²) in [5.74, 6) is -0.0422. The van der Waals surface area contributed by atoms with Crippen LogP contribution in [0.1, 0.15) is 5.56 Å². The summed E-state index contributed by atoms with van der Waals surface area (Å²) in [6.45, 7) is 1.93. The van der Waals surface area contributed by atoms with Gasteiger partial charge in [0.15, 0.2) is 0 Å². The van der Waals surface area contributed by atoms with E-state index in [0.717, 1.165) is 11.3 Å². The monoisotopic (exact) mass is 393 g/mol. The van der Waals surface area contributed by atoms with Gasteiger partial charge in [-0.2, -0.15) is 4.68 Å². The van der Waals surface area contributed by atoms with Gasteiger partial charge >= 0.3 is 0 Å². The molecule has 1 aromatic heterocycles. The van der Waals surface area contributed by atoms with E-state index in [1.807, 2.05) is 13.0 Å². The molecule has 0 aliphatic carbocycles. The first-order chi connectivity index (χ1) is 12.0. The van der Waals surface area contributed by atoms with Gasteiger partial charge < -0.3 is 5.32 Å². The van der Waals surface area contributed by atoms with Crippen molar-refractivity contribution in [2.45, 2.75) is 12.1 Å². The number of tetrazole rings is 1. The molecule has 0 fully saturated rings. The average molecular weight is 394 g/mol. The number of amides is 1. The lowest BCUT2D eigenvalue weighted by atomic mass is 10.2. The summed E-state index contributed by atoms with van der Waals surface area (Å²) in [6.07, 6.45) is 0. The van der Waals surface area contributed by atoms with Crippen molar-refractivity contribution in [3.05, 3.63) is 58.1 Å². The first-order valence-electron chi connectivity index (χ1n) is 7.26. The lowest BCUT2D eigenvalue weighted by molar-refractivity contribution is -0.113. The zero-order chi connectivity index (χ0) is 17.8. The van der Waals surface area contributed by atoms with E-state index in [1.165, 1.54) is 11.8 Å². The Morgan fingerprint density at radius 2 is 1.96 bits per heavy atom. The topological polar surface area (TPSA) is 72.7 Å². The quantitative estimate of drug-likeness (QED) is 0.662. The van der Waals surface area contributed by atoms with Crippen LogP contribution in [0.25, 0.3) is 5.69 Å². The molecular weight excluding hydrogens is 381 g/mol. The largest absolute Gasteiger partial charge is 0.324 e. The molecule has 0 atom stereocenters. The third kappa shape index (κ3) is 4.50. The fourth-order valence-electron chi connectivity index (χ4n) is 2.05. The number of aromatic nitrogens is 4. The first-order valence-corrected chi connectivity index (χ1v) is 9.00. The molecular formula is C16H13Cl2N5OS. The Morgan fingerprint density at radius 3 is 2.68 bits per heavy atom. The van der Waals surface area contributed by atoms with Crippen LogP contribution in [0.5, 0.6) is 0 Å². The van der Waals surface area contributed by atoms with Gasteiger partial charge in [-0.3, -0.25) is 4.79 Å². The van der Waals surface area contributed by atoms with Crippen molar-refractivity contribution in [1.82, 2.24) is 20.2 Å². The highest BCUT2D eigenvalue weighted by Crippen LogP contribution is 2.24. The number of nitrogens with zero attached hydrogens (tertiary/aromatic N) is 4. The van der Waals surface area contributed by atoms with Gasteiger partial charge in [-0.05, 0) is 59.3 Å². The second-order valence-corrected chi connectivity index (χ2v) is 6.96. The number of anilines is 1. The molecule has 0 spiro atoms. The van der Waals surface area contributed by atoms with E-state index in [2.05, 4.69) is 20.8 Å². The van der Waals surface area contributed by atoms with Gasteiger partial charge in [0.1, 0.15) is 0 Å². The maximum absolute atomic E-state index is 12.2. The SMILES string of the molecule is Cc1ccc(NC(=O)CSc2nnnn2-c2ccc(Cl)cc2)c(Cl)c1. The van der Waals surface area contributed by atoms with Crippen molar-refractivity contribution in [1.29, 1.82) is 0 Å². The molecule has 1 heterocycles. The van der Waals surface area contributed by atoms with Gasteiger partial charge in [0.25, 0.3) is 0 Å². The van der Waals surface area contributed by atoms with Crippen molar-refractivity contribution >= 4 is 46.6 Å². The Kier molecular flexibility index (Phi) is 5.57. The Hall–Kier alpha value is -2.09. The number of halogens is 2. The molecule has 0 aliphatic heterocycles. The molecule has 0 radical (unpaired) electrons. The smallest absolute Gasteiger partial charge is 0.234 e. The van der Waals surface area contributed by atoms with Crippen molar-refractivity contribution in [3.8, 4) is 5.69 Å². The van der Waals surface area contributed by atoms with E-state index < -0.39 is 0 Å². The van der Waals surface area contributed by atoms with Crippen molar-refractivity contribution in [2.24, 2.45) is 0 Å². The zero-order valence-electron chi connectivity index (χ0n) is 13.1. The molecule has 0 bridgehead atoms. The van der Waals surface area contributed by atoms with Gasteiger partial charge in [-0.25, -0.2) is 0 Å². The number of thioether (sulfide) groups is 1. The number of hydrogen-bond donors (Lipinski definition) is 1. The standard InChI is InChI=1S/C16H13Cl2N5OS/c1-10-2-7-14(13(18)8-10)19-15(24)9-25-16-20-21-22-23(16)12-5-3-11(17)4-6-12/h2-8H,9H2,1H3,(H,19,24). The highest BCUT2D eigenvalue weighted by Gasteiger charge is 2.12. The molecule has 3 rings (SSSR count). The van der Waals surface area contributed by atoms with Crippen LogP contribution >= 0.6 is 35.0 Å². The zero-order valence-corrected chi connectivity index (χ0v) is 15.4. The Labute approximate surface area is 158 Å². The fraction of sp³-hybridized carbons (Fsp3) is 0.125. The Morgan fingerprint density at radius 1 is 1.20 bits per heavy atom. The minimum Gasteiger partial charge on any atom is -0.324 e.